The van der Waals surface area contributed by atoms with Crippen molar-refractivity contribution in [2.45, 2.75) is 18.8 Å². The Bertz CT molecular complexity index is 1230. The number of nitrogens with zero attached hydrogens (tertiary/aromatic N) is 2. The molecule has 1 fully saturated rings. The number of aromatic nitrogens is 1. The van der Waals surface area contributed by atoms with Gasteiger partial charge in [-0.25, -0.2) is 0 Å². The van der Waals surface area contributed by atoms with Crippen molar-refractivity contribution in [2.24, 2.45) is 5.92 Å². The Morgan fingerprint density at radius 3 is 2.24 bits per heavy atom. The van der Waals surface area contributed by atoms with Crippen LogP contribution < -0.4 is 15.0 Å². The second-order valence-electron chi connectivity index (χ2n) is 8.75. The molecule has 2 aliphatic rings. The first-order valence-corrected chi connectivity index (χ1v) is 11.5. The van der Waals surface area contributed by atoms with Crippen LogP contribution in [0.2, 0.25) is 0 Å². The molecular formula is C27H25N3O3. The zero-order chi connectivity index (χ0) is 22.2. The van der Waals surface area contributed by atoms with Crippen LogP contribution in [0.4, 0.5) is 6.01 Å². The maximum Gasteiger partial charge on any atom is 0.298 e. The fraction of sp³-hybridized carbons (Fsp3) is 0.259. The monoisotopic (exact) mass is 439 g/mol. The molecule has 0 radical (unpaired) electrons. The van der Waals surface area contributed by atoms with E-state index < -0.39 is 0 Å². The molecule has 3 aromatic carbocycles. The van der Waals surface area contributed by atoms with E-state index in [0.717, 1.165) is 59.7 Å². The molecule has 1 N–H and O–H groups in total. The summed E-state index contributed by atoms with van der Waals surface area (Å²) in [7, 11) is 0. The zero-order valence-corrected chi connectivity index (χ0v) is 18.2. The van der Waals surface area contributed by atoms with Crippen LogP contribution in [-0.4, -0.2) is 30.5 Å². The van der Waals surface area contributed by atoms with Gasteiger partial charge in [-0.1, -0.05) is 48.5 Å². The van der Waals surface area contributed by atoms with E-state index in [0.29, 0.717) is 18.5 Å². The van der Waals surface area contributed by atoms with Crippen LogP contribution in [0, 0.1) is 5.92 Å². The summed E-state index contributed by atoms with van der Waals surface area (Å²) >= 11 is 0. The normalized spacial score (nSPS) is 16.2. The lowest BCUT2D eigenvalue weighted by atomic mass is 9.87. The van der Waals surface area contributed by atoms with E-state index in [1.54, 1.807) is 0 Å². The van der Waals surface area contributed by atoms with Crippen molar-refractivity contribution in [1.82, 2.24) is 10.3 Å². The van der Waals surface area contributed by atoms with Gasteiger partial charge in [-0.05, 0) is 43.0 Å². The Kier molecular flexibility index (Phi) is 4.98. The van der Waals surface area contributed by atoms with E-state index in [9.17, 15) is 4.79 Å². The van der Waals surface area contributed by atoms with Crippen LogP contribution in [0.15, 0.2) is 77.2 Å². The number of ether oxygens (including phenoxy) is 1. The summed E-state index contributed by atoms with van der Waals surface area (Å²) in [6, 6.07) is 24.1. The van der Waals surface area contributed by atoms with Gasteiger partial charge in [-0.3, -0.25) is 4.79 Å². The maximum atomic E-state index is 13.3. The van der Waals surface area contributed by atoms with Gasteiger partial charge in [0, 0.05) is 30.8 Å². The van der Waals surface area contributed by atoms with Crippen molar-refractivity contribution >= 4 is 23.0 Å². The number of rotatable bonds is 4. The average Bonchev–Trinajstić information content (AvgIpc) is 3.30. The van der Waals surface area contributed by atoms with E-state index in [2.05, 4.69) is 15.2 Å². The van der Waals surface area contributed by atoms with Gasteiger partial charge in [0.05, 0.1) is 5.92 Å². The van der Waals surface area contributed by atoms with Crippen molar-refractivity contribution in [3.8, 4) is 11.5 Å². The molecule has 0 atom stereocenters. The number of anilines is 1. The van der Waals surface area contributed by atoms with Gasteiger partial charge in [0.25, 0.3) is 6.01 Å². The molecule has 33 heavy (non-hydrogen) atoms. The van der Waals surface area contributed by atoms with Crippen LogP contribution in [0.1, 0.15) is 29.9 Å². The number of benzene rings is 3. The third-order valence-corrected chi connectivity index (χ3v) is 6.67. The molecule has 0 spiro atoms. The molecule has 2 aliphatic heterocycles. The Morgan fingerprint density at radius 2 is 1.55 bits per heavy atom. The summed E-state index contributed by atoms with van der Waals surface area (Å²) < 4.78 is 11.9. The highest BCUT2D eigenvalue weighted by Crippen LogP contribution is 2.43. The predicted molar refractivity (Wildman–Crippen MR) is 127 cm³/mol. The Labute approximate surface area is 192 Å². The van der Waals surface area contributed by atoms with Gasteiger partial charge in [-0.15, -0.1) is 0 Å². The molecule has 6 heteroatoms. The number of hydrogen-bond acceptors (Lipinski definition) is 5. The van der Waals surface area contributed by atoms with Crippen molar-refractivity contribution in [3.05, 3.63) is 83.9 Å². The number of carbonyl (C=O) groups is 1. The summed E-state index contributed by atoms with van der Waals surface area (Å²) in [4.78, 5) is 20.2. The average molecular weight is 440 g/mol. The van der Waals surface area contributed by atoms with Gasteiger partial charge in [0.1, 0.15) is 17.0 Å². The first-order valence-electron chi connectivity index (χ1n) is 11.5. The number of fused-ring (bicyclic) bond motifs is 3. The molecule has 6 rings (SSSR count). The molecule has 1 amide bonds. The number of nitrogens with one attached hydrogen (secondary N) is 1. The summed E-state index contributed by atoms with van der Waals surface area (Å²) in [5, 5.41) is 3.23. The summed E-state index contributed by atoms with van der Waals surface area (Å²) in [6.45, 7) is 2.41. The minimum atomic E-state index is -0.356. The van der Waals surface area contributed by atoms with Crippen LogP contribution in [0.25, 0.3) is 11.1 Å². The minimum absolute atomic E-state index is 0.0274. The molecule has 3 heterocycles. The van der Waals surface area contributed by atoms with E-state index in [4.69, 9.17) is 9.15 Å². The number of piperidine rings is 1. The Morgan fingerprint density at radius 1 is 0.909 bits per heavy atom. The van der Waals surface area contributed by atoms with Gasteiger partial charge in [0.15, 0.2) is 5.58 Å². The van der Waals surface area contributed by atoms with E-state index in [1.807, 2.05) is 72.8 Å². The van der Waals surface area contributed by atoms with E-state index in [1.165, 1.54) is 0 Å². The van der Waals surface area contributed by atoms with Crippen molar-refractivity contribution in [2.75, 3.05) is 24.5 Å². The predicted octanol–water partition coefficient (Wildman–Crippen LogP) is 5.10. The quantitative estimate of drug-likeness (QED) is 0.479. The molecule has 0 unspecified atom stereocenters. The number of amides is 1. The highest BCUT2D eigenvalue weighted by atomic mass is 16.5. The zero-order valence-electron chi connectivity index (χ0n) is 18.2. The van der Waals surface area contributed by atoms with Crippen molar-refractivity contribution in [3.63, 3.8) is 0 Å². The molecule has 166 valence electrons. The second-order valence-corrected chi connectivity index (χ2v) is 8.75. The molecule has 0 saturated carbocycles. The molecule has 1 aromatic heterocycles. The van der Waals surface area contributed by atoms with E-state index >= 15 is 0 Å². The molecule has 0 bridgehead atoms. The minimum Gasteiger partial charge on any atom is -0.457 e. The third kappa shape index (κ3) is 3.71. The van der Waals surface area contributed by atoms with E-state index in [-0.39, 0.29) is 11.8 Å². The smallest absolute Gasteiger partial charge is 0.298 e. The highest BCUT2D eigenvalue weighted by Gasteiger charge is 2.33. The summed E-state index contributed by atoms with van der Waals surface area (Å²) in [5.41, 5.74) is 3.54. The first-order chi connectivity index (χ1) is 16.3. The van der Waals surface area contributed by atoms with Gasteiger partial charge in [0.2, 0.25) is 5.91 Å². The fourth-order valence-corrected chi connectivity index (χ4v) is 4.86. The van der Waals surface area contributed by atoms with Gasteiger partial charge >= 0.3 is 0 Å². The van der Waals surface area contributed by atoms with Crippen LogP contribution in [0.3, 0.4) is 0 Å². The van der Waals surface area contributed by atoms with Crippen LogP contribution in [0.5, 0.6) is 11.5 Å². The Hall–Kier alpha value is -3.80. The van der Waals surface area contributed by atoms with Crippen molar-refractivity contribution in [1.29, 1.82) is 0 Å². The molecule has 4 aromatic rings. The fourth-order valence-electron chi connectivity index (χ4n) is 4.86. The third-order valence-electron chi connectivity index (χ3n) is 6.67. The van der Waals surface area contributed by atoms with Gasteiger partial charge < -0.3 is 19.4 Å². The molecular weight excluding hydrogens is 414 g/mol. The van der Waals surface area contributed by atoms with Gasteiger partial charge in [-0.2, -0.15) is 4.98 Å². The first kappa shape index (κ1) is 19.9. The largest absolute Gasteiger partial charge is 0.457 e. The van der Waals surface area contributed by atoms with Crippen LogP contribution >= 0.6 is 0 Å². The molecule has 6 nitrogen and oxygen atoms in total. The maximum absolute atomic E-state index is 13.3. The summed E-state index contributed by atoms with van der Waals surface area (Å²) in [5.74, 6) is 1.61. The lowest BCUT2D eigenvalue weighted by molar-refractivity contribution is -0.122. The highest BCUT2D eigenvalue weighted by molar-refractivity contribution is 5.89. The topological polar surface area (TPSA) is 67.6 Å². The van der Waals surface area contributed by atoms with Crippen molar-refractivity contribution < 1.29 is 13.9 Å². The lowest BCUT2D eigenvalue weighted by Gasteiger charge is -2.32. The number of para-hydroxylation sites is 4. The lowest BCUT2D eigenvalue weighted by Crippen LogP contribution is -2.40. The molecule has 1 saturated heterocycles. The number of carbonyl (C=O) groups excluding carboxylic acids is 1. The Balaban J connectivity index is 1.11. The number of hydrogen-bond donors (Lipinski definition) is 1. The van der Waals surface area contributed by atoms with Crippen LogP contribution in [-0.2, 0) is 4.79 Å². The SMILES string of the molecule is O=C(NCC1CCN(c2nc3ccccc3o2)CC1)C1c2ccccc2Oc2ccccc21. The standard InChI is InChI=1S/C27H25N3O3/c31-26(25-19-7-1-4-10-22(19)32-23-11-5-2-8-20(23)25)28-17-18-13-15-30(16-14-18)27-29-21-9-3-6-12-24(21)33-27/h1-12,18,25H,13-17H2,(H,28,31). The second kappa shape index (κ2) is 8.28. The summed E-state index contributed by atoms with van der Waals surface area (Å²) in [6.07, 6.45) is 1.97. The number of oxazole rings is 1. The molecule has 0 aliphatic carbocycles.